The first-order valence-corrected chi connectivity index (χ1v) is 7.59. The highest BCUT2D eigenvalue weighted by atomic mass is 16.2. The number of hydrogen-bond acceptors (Lipinski definition) is 5. The molecule has 0 atom stereocenters. The number of carbonyl (C=O) groups is 1. The van der Waals surface area contributed by atoms with E-state index >= 15 is 0 Å². The van der Waals surface area contributed by atoms with Crippen LogP contribution in [0.15, 0.2) is 64.4 Å². The number of carbonyl (C=O) groups excluding carboxylic acids is 1. The molecule has 0 fully saturated rings. The maximum atomic E-state index is 11.9. The van der Waals surface area contributed by atoms with Crippen LogP contribution in [-0.4, -0.2) is 32.2 Å². The lowest BCUT2D eigenvalue weighted by molar-refractivity contribution is 0.0946. The first-order valence-electron chi connectivity index (χ1n) is 7.59. The minimum absolute atomic E-state index is 0.0610. The van der Waals surface area contributed by atoms with Crippen molar-refractivity contribution >= 4 is 5.91 Å². The third-order valence-electron chi connectivity index (χ3n) is 3.44. The van der Waals surface area contributed by atoms with Gasteiger partial charge in [-0.1, -0.05) is 30.3 Å². The molecule has 0 saturated carbocycles. The molecule has 0 spiro atoms. The summed E-state index contributed by atoms with van der Waals surface area (Å²) in [5.41, 5.74) is 0.909. The Hall–Kier alpha value is -3.55. The summed E-state index contributed by atoms with van der Waals surface area (Å²) in [7, 11) is 0. The van der Waals surface area contributed by atoms with E-state index in [2.05, 4.69) is 20.4 Å². The Morgan fingerprint density at radius 1 is 1.08 bits per heavy atom. The van der Waals surface area contributed by atoms with Crippen molar-refractivity contribution in [3.05, 3.63) is 81.3 Å². The Bertz CT molecular complexity index is 995. The topological polar surface area (TPSA) is 110 Å². The van der Waals surface area contributed by atoms with Crippen molar-refractivity contribution in [2.24, 2.45) is 0 Å². The van der Waals surface area contributed by atoms with E-state index in [9.17, 15) is 14.4 Å². The number of H-pyrrole nitrogens is 1. The molecule has 0 aliphatic rings. The molecule has 1 aromatic carbocycles. The number of benzene rings is 1. The predicted molar refractivity (Wildman–Crippen MR) is 91.1 cm³/mol. The zero-order chi connectivity index (χ0) is 17.6. The van der Waals surface area contributed by atoms with Gasteiger partial charge in [0.25, 0.3) is 17.0 Å². The summed E-state index contributed by atoms with van der Waals surface area (Å²) in [5.74, 6) is -0.475. The van der Waals surface area contributed by atoms with E-state index < -0.39 is 11.5 Å². The molecule has 3 aromatic rings. The first kappa shape index (κ1) is 16.3. The average Bonchev–Trinajstić information content (AvgIpc) is 2.64. The number of nitrogens with one attached hydrogen (secondary N) is 2. The fourth-order valence-corrected chi connectivity index (χ4v) is 2.23. The number of nitrogens with zero attached hydrogens (tertiary/aromatic N) is 3. The number of aromatic amines is 1. The largest absolute Gasteiger partial charge is 0.349 e. The third kappa shape index (κ3) is 4.05. The van der Waals surface area contributed by atoms with Crippen molar-refractivity contribution in [1.82, 2.24) is 25.1 Å². The molecule has 0 unspecified atom stereocenters. The Morgan fingerprint density at radius 3 is 2.64 bits per heavy atom. The van der Waals surface area contributed by atoms with Crippen molar-refractivity contribution in [3.63, 3.8) is 0 Å². The summed E-state index contributed by atoms with van der Waals surface area (Å²) in [6, 6.07) is 12.6. The maximum Gasteiger partial charge on any atom is 0.269 e. The summed E-state index contributed by atoms with van der Waals surface area (Å²) in [4.78, 5) is 41.1. The summed E-state index contributed by atoms with van der Waals surface area (Å²) < 4.78 is 1.29. The van der Waals surface area contributed by atoms with Crippen LogP contribution in [0.4, 0.5) is 0 Å². The van der Waals surface area contributed by atoms with E-state index in [4.69, 9.17) is 0 Å². The molecule has 1 amide bonds. The van der Waals surface area contributed by atoms with E-state index in [1.165, 1.54) is 16.9 Å². The highest BCUT2D eigenvalue weighted by Crippen LogP contribution is 2.13. The van der Waals surface area contributed by atoms with E-state index in [0.29, 0.717) is 5.69 Å². The standard InChI is InChI=1S/C17H15N5O3/c23-15-11-18-10-14(20-15)17(25)19-8-9-22-16(24)7-6-13(21-22)12-4-2-1-3-5-12/h1-7,10-11H,8-9H2,(H,19,25)(H,20,23). The number of hydrogen-bond donors (Lipinski definition) is 2. The molecule has 0 saturated heterocycles. The molecule has 0 aliphatic carbocycles. The molecule has 0 radical (unpaired) electrons. The summed E-state index contributed by atoms with van der Waals surface area (Å²) in [6.45, 7) is 0.386. The van der Waals surface area contributed by atoms with Crippen molar-refractivity contribution in [2.45, 2.75) is 6.54 Å². The van der Waals surface area contributed by atoms with Crippen LogP contribution < -0.4 is 16.4 Å². The number of amides is 1. The average molecular weight is 337 g/mol. The van der Waals surface area contributed by atoms with Gasteiger partial charge in [-0.3, -0.25) is 19.4 Å². The third-order valence-corrected chi connectivity index (χ3v) is 3.44. The quantitative estimate of drug-likeness (QED) is 0.701. The van der Waals surface area contributed by atoms with Crippen molar-refractivity contribution in [2.75, 3.05) is 6.54 Å². The molecular weight excluding hydrogens is 322 g/mol. The molecule has 2 heterocycles. The van der Waals surface area contributed by atoms with Gasteiger partial charge in [-0.15, -0.1) is 0 Å². The van der Waals surface area contributed by atoms with Gasteiger partial charge in [-0.25, -0.2) is 4.68 Å². The molecular formula is C17H15N5O3. The highest BCUT2D eigenvalue weighted by Gasteiger charge is 2.07. The highest BCUT2D eigenvalue weighted by molar-refractivity contribution is 5.91. The molecule has 2 aromatic heterocycles. The Morgan fingerprint density at radius 2 is 1.88 bits per heavy atom. The summed E-state index contributed by atoms with van der Waals surface area (Å²) in [6.07, 6.45) is 2.34. The van der Waals surface area contributed by atoms with E-state index in [1.54, 1.807) is 6.07 Å². The molecule has 2 N–H and O–H groups in total. The minimum atomic E-state index is -0.475. The van der Waals surface area contributed by atoms with Gasteiger partial charge in [0, 0.05) is 18.2 Å². The van der Waals surface area contributed by atoms with E-state index in [0.717, 1.165) is 11.8 Å². The summed E-state index contributed by atoms with van der Waals surface area (Å²) in [5, 5.41) is 6.92. The first-order chi connectivity index (χ1) is 12.1. The lowest BCUT2D eigenvalue weighted by Crippen LogP contribution is -2.33. The zero-order valence-corrected chi connectivity index (χ0v) is 13.2. The molecule has 0 bridgehead atoms. The van der Waals surface area contributed by atoms with E-state index in [-0.39, 0.29) is 24.3 Å². The second kappa shape index (κ2) is 7.35. The normalized spacial score (nSPS) is 10.4. The van der Waals surface area contributed by atoms with Crippen LogP contribution in [0.3, 0.4) is 0 Å². The maximum absolute atomic E-state index is 11.9. The smallest absolute Gasteiger partial charge is 0.269 e. The lowest BCUT2D eigenvalue weighted by Gasteiger charge is -2.08. The van der Waals surface area contributed by atoms with Crippen LogP contribution in [0, 0.1) is 0 Å². The van der Waals surface area contributed by atoms with Gasteiger partial charge in [-0.05, 0) is 6.07 Å². The molecule has 25 heavy (non-hydrogen) atoms. The Balaban J connectivity index is 1.68. The predicted octanol–water partition coefficient (Wildman–Crippen LogP) is 0.424. The molecule has 126 valence electrons. The number of rotatable bonds is 5. The molecule has 8 nitrogen and oxygen atoms in total. The van der Waals surface area contributed by atoms with Gasteiger partial charge in [0.1, 0.15) is 5.69 Å². The zero-order valence-electron chi connectivity index (χ0n) is 13.2. The molecule has 3 rings (SSSR count). The fourth-order valence-electron chi connectivity index (χ4n) is 2.23. The number of aromatic nitrogens is 4. The Kier molecular flexibility index (Phi) is 4.79. The fraction of sp³-hybridized carbons (Fsp3) is 0.118. The minimum Gasteiger partial charge on any atom is -0.349 e. The van der Waals surface area contributed by atoms with Crippen LogP contribution in [0.5, 0.6) is 0 Å². The van der Waals surface area contributed by atoms with Crippen molar-refractivity contribution in [1.29, 1.82) is 0 Å². The van der Waals surface area contributed by atoms with Crippen LogP contribution in [0.25, 0.3) is 11.3 Å². The van der Waals surface area contributed by atoms with Gasteiger partial charge in [0.15, 0.2) is 0 Å². The van der Waals surface area contributed by atoms with Crippen molar-refractivity contribution < 1.29 is 4.79 Å². The lowest BCUT2D eigenvalue weighted by atomic mass is 10.1. The molecule has 8 heteroatoms. The van der Waals surface area contributed by atoms with Gasteiger partial charge in [0.2, 0.25) is 0 Å². The van der Waals surface area contributed by atoms with Crippen molar-refractivity contribution in [3.8, 4) is 11.3 Å². The monoisotopic (exact) mass is 337 g/mol. The van der Waals surface area contributed by atoms with Gasteiger partial charge < -0.3 is 10.3 Å². The van der Waals surface area contributed by atoms with Gasteiger partial charge in [-0.2, -0.15) is 5.10 Å². The van der Waals surface area contributed by atoms with Crippen LogP contribution in [-0.2, 0) is 6.54 Å². The van der Waals surface area contributed by atoms with Gasteiger partial charge >= 0.3 is 0 Å². The molecule has 0 aliphatic heterocycles. The van der Waals surface area contributed by atoms with Crippen LogP contribution >= 0.6 is 0 Å². The summed E-state index contributed by atoms with van der Waals surface area (Å²) >= 11 is 0. The Labute approximate surface area is 142 Å². The second-order valence-corrected chi connectivity index (χ2v) is 5.21. The second-order valence-electron chi connectivity index (χ2n) is 5.21. The SMILES string of the molecule is O=C(NCCn1nc(-c2ccccc2)ccc1=O)c1cncc(=O)[nH]1. The van der Waals surface area contributed by atoms with Crippen LogP contribution in [0.1, 0.15) is 10.5 Å². The van der Waals surface area contributed by atoms with Gasteiger partial charge in [0.05, 0.1) is 24.6 Å². The van der Waals surface area contributed by atoms with Crippen LogP contribution in [0.2, 0.25) is 0 Å². The van der Waals surface area contributed by atoms with E-state index in [1.807, 2.05) is 30.3 Å².